The summed E-state index contributed by atoms with van der Waals surface area (Å²) >= 11 is 0. The van der Waals surface area contributed by atoms with Gasteiger partial charge in [-0.3, -0.25) is 0 Å². The zero-order valence-electron chi connectivity index (χ0n) is 13.1. The van der Waals surface area contributed by atoms with E-state index in [2.05, 4.69) is 20.8 Å². The second-order valence-electron chi connectivity index (χ2n) is 6.85. The molecular weight excluding hydrogens is 264 g/mol. The minimum absolute atomic E-state index is 0.198. The van der Waals surface area contributed by atoms with Crippen molar-refractivity contribution in [1.82, 2.24) is 0 Å². The molecule has 0 radical (unpaired) electrons. The van der Waals surface area contributed by atoms with Crippen LogP contribution < -0.4 is 5.11 Å². The van der Waals surface area contributed by atoms with Gasteiger partial charge < -0.3 is 15.0 Å². The molecule has 1 aliphatic carbocycles. The number of carbonyl (C=O) groups excluding carboxylic acids is 1. The maximum absolute atomic E-state index is 11.8. The molecule has 0 amide bonds. The summed E-state index contributed by atoms with van der Waals surface area (Å²) in [6.07, 6.45) is 2.78. The van der Waals surface area contributed by atoms with Gasteiger partial charge in [-0.2, -0.15) is 0 Å². The number of aliphatic hydroxyl groups is 1. The van der Waals surface area contributed by atoms with E-state index in [1.807, 2.05) is 6.07 Å². The quantitative estimate of drug-likeness (QED) is 0.925. The standard InChI is InChI=1S/C18H26O3/c1-12(2)15-10-9-13(3)11-16(15)18(21,17(19)20)14-7-5-4-6-8-14/h4-8,12-13,15-16,21H,9-11H2,1-3H3,(H,19,20)/p-1. The predicted octanol–water partition coefficient (Wildman–Crippen LogP) is 2.33. The van der Waals surface area contributed by atoms with Crippen LogP contribution in [0.15, 0.2) is 30.3 Å². The van der Waals surface area contributed by atoms with Crippen molar-refractivity contribution in [3.05, 3.63) is 35.9 Å². The predicted molar refractivity (Wildman–Crippen MR) is 80.2 cm³/mol. The summed E-state index contributed by atoms with van der Waals surface area (Å²) in [6, 6.07) is 8.72. The van der Waals surface area contributed by atoms with Gasteiger partial charge in [0.1, 0.15) is 5.60 Å². The molecule has 4 atom stereocenters. The fourth-order valence-corrected chi connectivity index (χ4v) is 3.86. The molecule has 0 heterocycles. The van der Waals surface area contributed by atoms with Crippen molar-refractivity contribution >= 4 is 5.97 Å². The summed E-state index contributed by atoms with van der Waals surface area (Å²) in [5.74, 6) is -0.701. The molecule has 0 spiro atoms. The summed E-state index contributed by atoms with van der Waals surface area (Å²) in [5, 5.41) is 22.9. The van der Waals surface area contributed by atoms with E-state index in [0.29, 0.717) is 17.4 Å². The highest BCUT2D eigenvalue weighted by Crippen LogP contribution is 2.47. The first kappa shape index (κ1) is 16.0. The highest BCUT2D eigenvalue weighted by Gasteiger charge is 2.46. The van der Waals surface area contributed by atoms with Crippen LogP contribution in [0.25, 0.3) is 0 Å². The zero-order valence-corrected chi connectivity index (χ0v) is 13.1. The molecule has 0 aromatic heterocycles. The summed E-state index contributed by atoms with van der Waals surface area (Å²) < 4.78 is 0. The molecule has 3 nitrogen and oxygen atoms in total. The van der Waals surface area contributed by atoms with E-state index in [1.54, 1.807) is 24.3 Å². The Morgan fingerprint density at radius 1 is 1.29 bits per heavy atom. The van der Waals surface area contributed by atoms with Gasteiger partial charge in [-0.1, -0.05) is 57.5 Å². The number of benzene rings is 1. The Bertz CT molecular complexity index is 482. The van der Waals surface area contributed by atoms with Crippen LogP contribution in [0.1, 0.15) is 45.6 Å². The van der Waals surface area contributed by atoms with Crippen molar-refractivity contribution in [2.45, 2.75) is 45.6 Å². The van der Waals surface area contributed by atoms with E-state index < -0.39 is 11.6 Å². The van der Waals surface area contributed by atoms with Gasteiger partial charge in [-0.15, -0.1) is 0 Å². The van der Waals surface area contributed by atoms with Crippen LogP contribution in [-0.4, -0.2) is 11.1 Å². The minimum Gasteiger partial charge on any atom is -0.547 e. The van der Waals surface area contributed by atoms with Gasteiger partial charge in [0.2, 0.25) is 0 Å². The monoisotopic (exact) mass is 289 g/mol. The second kappa shape index (κ2) is 6.18. The molecular formula is C18H25O3-. The van der Waals surface area contributed by atoms with E-state index in [9.17, 15) is 15.0 Å². The highest BCUT2D eigenvalue weighted by molar-refractivity contribution is 5.77. The van der Waals surface area contributed by atoms with Crippen molar-refractivity contribution in [1.29, 1.82) is 0 Å². The Hall–Kier alpha value is -1.35. The molecule has 0 aliphatic heterocycles. The summed E-state index contributed by atoms with van der Waals surface area (Å²) in [4.78, 5) is 11.8. The van der Waals surface area contributed by atoms with E-state index in [-0.39, 0.29) is 11.8 Å². The van der Waals surface area contributed by atoms with Crippen LogP contribution in [-0.2, 0) is 10.4 Å². The van der Waals surface area contributed by atoms with E-state index in [1.165, 1.54) is 0 Å². The molecule has 1 N–H and O–H groups in total. The van der Waals surface area contributed by atoms with Crippen LogP contribution in [0.2, 0.25) is 0 Å². The number of hydrogen-bond donors (Lipinski definition) is 1. The van der Waals surface area contributed by atoms with E-state index in [4.69, 9.17) is 0 Å². The number of carbonyl (C=O) groups is 1. The lowest BCUT2D eigenvalue weighted by atomic mass is 9.62. The first-order valence-electron chi connectivity index (χ1n) is 7.86. The molecule has 4 unspecified atom stereocenters. The van der Waals surface area contributed by atoms with Crippen LogP contribution in [0.3, 0.4) is 0 Å². The largest absolute Gasteiger partial charge is 0.547 e. The number of hydrogen-bond acceptors (Lipinski definition) is 3. The van der Waals surface area contributed by atoms with Gasteiger partial charge in [0.05, 0.1) is 5.97 Å². The maximum atomic E-state index is 11.8. The molecule has 116 valence electrons. The first-order chi connectivity index (χ1) is 9.87. The fraction of sp³-hybridized carbons (Fsp3) is 0.611. The first-order valence-corrected chi connectivity index (χ1v) is 7.86. The van der Waals surface area contributed by atoms with Crippen LogP contribution in [0.4, 0.5) is 0 Å². The Labute approximate surface area is 127 Å². The van der Waals surface area contributed by atoms with Crippen molar-refractivity contribution in [2.75, 3.05) is 0 Å². The van der Waals surface area contributed by atoms with Gasteiger partial charge in [0.25, 0.3) is 0 Å². The smallest absolute Gasteiger partial charge is 0.132 e. The summed E-state index contributed by atoms with van der Waals surface area (Å²) in [7, 11) is 0. The fourth-order valence-electron chi connectivity index (χ4n) is 3.86. The van der Waals surface area contributed by atoms with Crippen molar-refractivity contribution in [2.24, 2.45) is 23.7 Å². The van der Waals surface area contributed by atoms with Gasteiger partial charge in [-0.25, -0.2) is 0 Å². The molecule has 1 aliphatic rings. The molecule has 2 rings (SSSR count). The molecule has 1 saturated carbocycles. The average Bonchev–Trinajstić information content (AvgIpc) is 2.46. The lowest BCUT2D eigenvalue weighted by Gasteiger charge is -2.47. The SMILES string of the molecule is CC1CCC(C(C)C)C(C(O)(C(=O)[O-])c2ccccc2)C1. The maximum Gasteiger partial charge on any atom is 0.132 e. The van der Waals surface area contributed by atoms with Gasteiger partial charge in [0, 0.05) is 5.92 Å². The number of rotatable bonds is 4. The number of aliphatic carboxylic acids is 1. The third kappa shape index (κ3) is 2.98. The molecule has 21 heavy (non-hydrogen) atoms. The lowest BCUT2D eigenvalue weighted by molar-refractivity contribution is -0.332. The molecule has 3 heteroatoms. The van der Waals surface area contributed by atoms with Crippen LogP contribution in [0.5, 0.6) is 0 Å². The van der Waals surface area contributed by atoms with E-state index in [0.717, 1.165) is 19.3 Å². The Kier molecular flexibility index (Phi) is 4.72. The molecule has 1 aromatic carbocycles. The molecule has 0 bridgehead atoms. The third-order valence-electron chi connectivity index (χ3n) is 5.08. The van der Waals surface area contributed by atoms with Crippen molar-refractivity contribution in [3.63, 3.8) is 0 Å². The Balaban J connectivity index is 2.46. The summed E-state index contributed by atoms with van der Waals surface area (Å²) in [6.45, 7) is 6.34. The average molecular weight is 289 g/mol. The van der Waals surface area contributed by atoms with E-state index >= 15 is 0 Å². The summed E-state index contributed by atoms with van der Waals surface area (Å²) in [5.41, 5.74) is -1.46. The van der Waals surface area contributed by atoms with Crippen molar-refractivity contribution in [3.8, 4) is 0 Å². The topological polar surface area (TPSA) is 60.4 Å². The highest BCUT2D eigenvalue weighted by atomic mass is 16.4. The normalized spacial score (nSPS) is 29.1. The Morgan fingerprint density at radius 3 is 2.43 bits per heavy atom. The van der Waals surface area contributed by atoms with Gasteiger partial charge >= 0.3 is 0 Å². The second-order valence-corrected chi connectivity index (χ2v) is 6.85. The molecule has 1 fully saturated rings. The minimum atomic E-state index is -1.90. The van der Waals surface area contributed by atoms with Gasteiger partial charge in [-0.05, 0) is 36.2 Å². The van der Waals surface area contributed by atoms with Crippen molar-refractivity contribution < 1.29 is 15.0 Å². The van der Waals surface area contributed by atoms with Crippen LogP contribution >= 0.6 is 0 Å². The van der Waals surface area contributed by atoms with Crippen LogP contribution in [0, 0.1) is 23.7 Å². The van der Waals surface area contributed by atoms with Gasteiger partial charge in [0.15, 0.2) is 0 Å². The third-order valence-corrected chi connectivity index (χ3v) is 5.08. The zero-order chi connectivity index (χ0) is 15.6. The lowest BCUT2D eigenvalue weighted by Crippen LogP contribution is -2.55. The number of carboxylic acids is 1. The molecule has 1 aromatic rings. The Morgan fingerprint density at radius 2 is 1.90 bits per heavy atom. The number of carboxylic acid groups (broad SMARTS) is 1. The molecule has 0 saturated heterocycles.